The van der Waals surface area contributed by atoms with Crippen LogP contribution in [-0.2, 0) is 11.2 Å². The maximum Gasteiger partial charge on any atom is 0.224 e. The number of benzene rings is 1. The number of fused-ring (bicyclic) bond motifs is 1. The molecular formula is C18H25ClN2O2. The molecule has 1 fully saturated rings. The van der Waals surface area contributed by atoms with E-state index in [9.17, 15) is 4.79 Å². The average molecular weight is 337 g/mol. The predicted octanol–water partition coefficient (Wildman–Crippen LogP) is 3.13. The van der Waals surface area contributed by atoms with Crippen LogP contribution in [0, 0.1) is 19.8 Å². The molecule has 2 N–H and O–H groups in total. The molecule has 23 heavy (non-hydrogen) atoms. The van der Waals surface area contributed by atoms with E-state index in [1.165, 1.54) is 12.0 Å². The Bertz CT molecular complexity index is 675. The summed E-state index contributed by atoms with van der Waals surface area (Å²) in [6.07, 6.45) is 4.39. The van der Waals surface area contributed by atoms with Gasteiger partial charge in [-0.15, -0.1) is 12.4 Å². The SMILES string of the molecule is Cc1ccc2c(CC(=O)NCCC3CCNC3)coc2c1C.Cl. The molecule has 1 unspecified atom stereocenters. The molecule has 0 radical (unpaired) electrons. The van der Waals surface area contributed by atoms with Gasteiger partial charge in [0.1, 0.15) is 5.58 Å². The number of hydrogen-bond acceptors (Lipinski definition) is 3. The second kappa shape index (κ2) is 7.84. The summed E-state index contributed by atoms with van der Waals surface area (Å²) >= 11 is 0. The third-order valence-electron chi connectivity index (χ3n) is 4.73. The molecule has 0 aliphatic carbocycles. The number of aryl methyl sites for hydroxylation is 2. The molecule has 0 spiro atoms. The number of carbonyl (C=O) groups is 1. The number of rotatable bonds is 5. The van der Waals surface area contributed by atoms with Crippen LogP contribution in [0.1, 0.15) is 29.5 Å². The summed E-state index contributed by atoms with van der Waals surface area (Å²) in [6, 6.07) is 4.13. The summed E-state index contributed by atoms with van der Waals surface area (Å²) in [7, 11) is 0. The first-order valence-electron chi connectivity index (χ1n) is 8.09. The highest BCUT2D eigenvalue weighted by molar-refractivity contribution is 5.89. The molecule has 3 rings (SSSR count). The molecule has 2 heterocycles. The monoisotopic (exact) mass is 336 g/mol. The molecule has 0 saturated carbocycles. The van der Waals surface area contributed by atoms with E-state index in [1.54, 1.807) is 6.26 Å². The van der Waals surface area contributed by atoms with E-state index in [-0.39, 0.29) is 18.3 Å². The van der Waals surface area contributed by atoms with Crippen molar-refractivity contribution in [3.8, 4) is 0 Å². The van der Waals surface area contributed by atoms with Gasteiger partial charge < -0.3 is 15.1 Å². The van der Waals surface area contributed by atoms with Crippen molar-refractivity contribution in [3.63, 3.8) is 0 Å². The Hall–Kier alpha value is -1.52. The van der Waals surface area contributed by atoms with Crippen LogP contribution in [0.25, 0.3) is 11.0 Å². The van der Waals surface area contributed by atoms with Gasteiger partial charge in [0.15, 0.2) is 0 Å². The van der Waals surface area contributed by atoms with Crippen molar-refractivity contribution >= 4 is 29.3 Å². The minimum atomic E-state index is 0. The largest absolute Gasteiger partial charge is 0.464 e. The summed E-state index contributed by atoms with van der Waals surface area (Å²) < 4.78 is 5.66. The van der Waals surface area contributed by atoms with Gasteiger partial charge in [-0.1, -0.05) is 12.1 Å². The van der Waals surface area contributed by atoms with Gasteiger partial charge in [-0.05, 0) is 56.8 Å². The normalized spacial score (nSPS) is 17.2. The van der Waals surface area contributed by atoms with Crippen LogP contribution in [0.4, 0.5) is 0 Å². The van der Waals surface area contributed by atoms with Gasteiger partial charge in [0.2, 0.25) is 5.91 Å². The van der Waals surface area contributed by atoms with Crippen molar-refractivity contribution in [2.75, 3.05) is 19.6 Å². The Labute approximate surface area is 143 Å². The number of furan rings is 1. The van der Waals surface area contributed by atoms with Crippen LogP contribution in [0.3, 0.4) is 0 Å². The first kappa shape index (κ1) is 17.8. The molecule has 2 aromatic rings. The highest BCUT2D eigenvalue weighted by Gasteiger charge is 2.15. The lowest BCUT2D eigenvalue weighted by molar-refractivity contribution is -0.120. The maximum atomic E-state index is 12.1. The Morgan fingerprint density at radius 1 is 1.39 bits per heavy atom. The van der Waals surface area contributed by atoms with E-state index in [4.69, 9.17) is 4.42 Å². The van der Waals surface area contributed by atoms with Gasteiger partial charge in [0, 0.05) is 17.5 Å². The Morgan fingerprint density at radius 3 is 2.96 bits per heavy atom. The molecule has 1 saturated heterocycles. The molecule has 1 aromatic heterocycles. The summed E-state index contributed by atoms with van der Waals surface area (Å²) in [5.74, 6) is 0.785. The first-order chi connectivity index (χ1) is 10.6. The molecule has 5 heteroatoms. The van der Waals surface area contributed by atoms with Crippen LogP contribution in [0.5, 0.6) is 0 Å². The fourth-order valence-corrected chi connectivity index (χ4v) is 3.14. The van der Waals surface area contributed by atoms with Gasteiger partial charge in [-0.3, -0.25) is 4.79 Å². The van der Waals surface area contributed by atoms with E-state index in [0.29, 0.717) is 12.3 Å². The van der Waals surface area contributed by atoms with E-state index in [2.05, 4.69) is 30.5 Å². The summed E-state index contributed by atoms with van der Waals surface area (Å²) in [4.78, 5) is 12.1. The van der Waals surface area contributed by atoms with Crippen molar-refractivity contribution in [3.05, 3.63) is 35.1 Å². The molecule has 126 valence electrons. The Morgan fingerprint density at radius 2 is 2.22 bits per heavy atom. The lowest BCUT2D eigenvalue weighted by Crippen LogP contribution is -2.27. The molecule has 1 atom stereocenters. The summed E-state index contributed by atoms with van der Waals surface area (Å²) in [5.41, 5.74) is 4.24. The third-order valence-corrected chi connectivity index (χ3v) is 4.73. The van der Waals surface area contributed by atoms with E-state index >= 15 is 0 Å². The molecule has 1 aromatic carbocycles. The van der Waals surface area contributed by atoms with Gasteiger partial charge in [0.25, 0.3) is 0 Å². The van der Waals surface area contributed by atoms with Gasteiger partial charge in [-0.2, -0.15) is 0 Å². The summed E-state index contributed by atoms with van der Waals surface area (Å²) in [5, 5.41) is 7.44. The standard InChI is InChI=1S/C18H24N2O2.ClH/c1-12-3-4-16-15(11-22-18(16)13(12)2)9-17(21)20-8-6-14-5-7-19-10-14;/h3-4,11,14,19H,5-10H2,1-2H3,(H,20,21);1H. The van der Waals surface area contributed by atoms with Crippen molar-refractivity contribution in [2.24, 2.45) is 5.92 Å². The lowest BCUT2D eigenvalue weighted by Gasteiger charge is -2.09. The van der Waals surface area contributed by atoms with Crippen LogP contribution in [-0.4, -0.2) is 25.5 Å². The van der Waals surface area contributed by atoms with Crippen LogP contribution in [0.15, 0.2) is 22.8 Å². The van der Waals surface area contributed by atoms with Crippen molar-refractivity contribution < 1.29 is 9.21 Å². The van der Waals surface area contributed by atoms with Gasteiger partial charge in [-0.25, -0.2) is 0 Å². The lowest BCUT2D eigenvalue weighted by atomic mass is 10.0. The zero-order valence-corrected chi connectivity index (χ0v) is 14.6. The zero-order valence-electron chi connectivity index (χ0n) is 13.8. The topological polar surface area (TPSA) is 54.3 Å². The number of hydrogen-bond donors (Lipinski definition) is 2. The minimum absolute atomic E-state index is 0. The van der Waals surface area contributed by atoms with E-state index in [0.717, 1.165) is 48.2 Å². The molecule has 4 nitrogen and oxygen atoms in total. The van der Waals surface area contributed by atoms with Crippen LogP contribution < -0.4 is 10.6 Å². The van der Waals surface area contributed by atoms with E-state index in [1.807, 2.05) is 6.07 Å². The van der Waals surface area contributed by atoms with Crippen LogP contribution >= 0.6 is 12.4 Å². The van der Waals surface area contributed by atoms with Crippen molar-refractivity contribution in [2.45, 2.75) is 33.1 Å². The summed E-state index contributed by atoms with van der Waals surface area (Å²) in [6.45, 7) is 7.08. The third kappa shape index (κ3) is 4.06. The van der Waals surface area contributed by atoms with E-state index < -0.39 is 0 Å². The highest BCUT2D eigenvalue weighted by Crippen LogP contribution is 2.26. The molecule has 1 aliphatic heterocycles. The smallest absolute Gasteiger partial charge is 0.224 e. The fraction of sp³-hybridized carbons (Fsp3) is 0.500. The molecule has 1 aliphatic rings. The first-order valence-corrected chi connectivity index (χ1v) is 8.09. The number of halogens is 1. The van der Waals surface area contributed by atoms with Crippen molar-refractivity contribution in [1.29, 1.82) is 0 Å². The Kier molecular flexibility index (Phi) is 6.08. The molecule has 1 amide bonds. The number of amides is 1. The highest BCUT2D eigenvalue weighted by atomic mass is 35.5. The maximum absolute atomic E-state index is 12.1. The second-order valence-corrected chi connectivity index (χ2v) is 6.32. The number of nitrogens with one attached hydrogen (secondary N) is 2. The zero-order chi connectivity index (χ0) is 15.5. The quantitative estimate of drug-likeness (QED) is 0.882. The Balaban J connectivity index is 0.00000192. The van der Waals surface area contributed by atoms with Gasteiger partial charge in [0.05, 0.1) is 12.7 Å². The minimum Gasteiger partial charge on any atom is -0.464 e. The average Bonchev–Trinajstić information content (AvgIpc) is 3.13. The number of carbonyl (C=O) groups excluding carboxylic acids is 1. The fourth-order valence-electron chi connectivity index (χ4n) is 3.14. The second-order valence-electron chi connectivity index (χ2n) is 6.32. The van der Waals surface area contributed by atoms with Crippen molar-refractivity contribution in [1.82, 2.24) is 10.6 Å². The predicted molar refractivity (Wildman–Crippen MR) is 95.2 cm³/mol. The van der Waals surface area contributed by atoms with Crippen LogP contribution in [0.2, 0.25) is 0 Å². The molecular weight excluding hydrogens is 312 g/mol. The van der Waals surface area contributed by atoms with Gasteiger partial charge >= 0.3 is 0 Å². The molecule has 0 bridgehead atoms.